The van der Waals surface area contributed by atoms with Gasteiger partial charge >= 0.3 is 0 Å². The average molecular weight is 309 g/mol. The van der Waals surface area contributed by atoms with E-state index >= 15 is 0 Å². The fraction of sp³-hybridized carbons (Fsp3) is 0.222. The van der Waals surface area contributed by atoms with E-state index in [-0.39, 0.29) is 6.61 Å². The fourth-order valence-electron chi connectivity index (χ4n) is 2.97. The van der Waals surface area contributed by atoms with E-state index in [1.54, 1.807) is 31.9 Å². The van der Waals surface area contributed by atoms with Crippen molar-refractivity contribution in [3.63, 3.8) is 0 Å². The van der Waals surface area contributed by atoms with Gasteiger partial charge < -0.3 is 14.4 Å². The maximum Gasteiger partial charge on any atom is 0.123 e. The lowest BCUT2D eigenvalue weighted by Gasteiger charge is -2.13. The quantitative estimate of drug-likeness (QED) is 0.787. The molecule has 5 heteroatoms. The minimum atomic E-state index is -0.0295. The van der Waals surface area contributed by atoms with E-state index in [4.69, 9.17) is 4.74 Å². The number of ether oxygens (including phenoxy) is 1. The van der Waals surface area contributed by atoms with Crippen LogP contribution in [0.2, 0.25) is 0 Å². The van der Waals surface area contributed by atoms with Gasteiger partial charge in [-0.15, -0.1) is 0 Å². The summed E-state index contributed by atoms with van der Waals surface area (Å²) < 4.78 is 7.50. The molecule has 0 bridgehead atoms. The molecule has 5 nitrogen and oxygen atoms in total. The zero-order valence-corrected chi connectivity index (χ0v) is 13.2. The molecule has 0 atom stereocenters. The Morgan fingerprint density at radius 1 is 0.957 bits per heavy atom. The second kappa shape index (κ2) is 6.73. The lowest BCUT2D eigenvalue weighted by Crippen LogP contribution is -2.05. The standard InChI is InChI=1S/C18H19N3O2/c1-13-16(11-22)18(15-5-9-20-10-6-15)21(12-23-2)17(13)14-3-7-19-8-4-14/h3-10,22H,11-12H2,1-2H3. The van der Waals surface area contributed by atoms with E-state index in [1.807, 2.05) is 31.2 Å². The van der Waals surface area contributed by atoms with Crippen molar-refractivity contribution < 1.29 is 9.84 Å². The fourth-order valence-corrected chi connectivity index (χ4v) is 2.97. The second-order valence-corrected chi connectivity index (χ2v) is 5.28. The molecule has 0 saturated carbocycles. The normalized spacial score (nSPS) is 10.9. The van der Waals surface area contributed by atoms with Crippen LogP contribution in [0.15, 0.2) is 49.1 Å². The highest BCUT2D eigenvalue weighted by molar-refractivity contribution is 5.76. The molecular formula is C18H19N3O2. The Bertz CT molecular complexity index is 783. The summed E-state index contributed by atoms with van der Waals surface area (Å²) in [5.41, 5.74) is 5.99. The molecule has 0 aliphatic carbocycles. The molecule has 0 aromatic carbocycles. The highest BCUT2D eigenvalue weighted by atomic mass is 16.5. The molecule has 23 heavy (non-hydrogen) atoms. The van der Waals surface area contributed by atoms with Gasteiger partial charge in [0.1, 0.15) is 6.73 Å². The van der Waals surface area contributed by atoms with Crippen LogP contribution in [0.5, 0.6) is 0 Å². The third kappa shape index (κ3) is 2.76. The van der Waals surface area contributed by atoms with Crippen molar-refractivity contribution >= 4 is 0 Å². The number of nitrogens with zero attached hydrogens (tertiary/aromatic N) is 3. The first kappa shape index (κ1) is 15.4. The number of aliphatic hydroxyl groups is 1. The first-order chi connectivity index (χ1) is 11.3. The third-order valence-corrected chi connectivity index (χ3v) is 3.96. The number of aliphatic hydroxyl groups excluding tert-OH is 1. The van der Waals surface area contributed by atoms with Crippen molar-refractivity contribution in [2.24, 2.45) is 0 Å². The molecule has 118 valence electrons. The van der Waals surface area contributed by atoms with Crippen LogP contribution in [0.25, 0.3) is 22.5 Å². The molecule has 1 N–H and O–H groups in total. The van der Waals surface area contributed by atoms with Gasteiger partial charge in [0.2, 0.25) is 0 Å². The molecular weight excluding hydrogens is 290 g/mol. The molecule has 0 radical (unpaired) electrons. The van der Waals surface area contributed by atoms with Crippen molar-refractivity contribution in [3.05, 3.63) is 60.2 Å². The summed E-state index contributed by atoms with van der Waals surface area (Å²) in [5, 5.41) is 9.93. The Labute approximate surface area is 135 Å². The highest BCUT2D eigenvalue weighted by Gasteiger charge is 2.21. The molecule has 0 aliphatic heterocycles. The molecule has 0 aliphatic rings. The lowest BCUT2D eigenvalue weighted by molar-refractivity contribution is 0.134. The zero-order chi connectivity index (χ0) is 16.2. The van der Waals surface area contributed by atoms with Crippen LogP contribution in [0, 0.1) is 6.92 Å². The minimum Gasteiger partial charge on any atom is -0.392 e. The summed E-state index contributed by atoms with van der Waals surface area (Å²) in [6, 6.07) is 7.81. The predicted molar refractivity (Wildman–Crippen MR) is 88.6 cm³/mol. The molecule has 3 heterocycles. The van der Waals surface area contributed by atoms with Crippen molar-refractivity contribution in [3.8, 4) is 22.5 Å². The van der Waals surface area contributed by atoms with Crippen LogP contribution in [0.1, 0.15) is 11.1 Å². The Balaban J connectivity index is 2.31. The lowest BCUT2D eigenvalue weighted by atomic mass is 10.0. The summed E-state index contributed by atoms with van der Waals surface area (Å²) in [7, 11) is 1.67. The van der Waals surface area contributed by atoms with E-state index < -0.39 is 0 Å². The van der Waals surface area contributed by atoms with E-state index in [2.05, 4.69) is 14.5 Å². The van der Waals surface area contributed by atoms with Crippen molar-refractivity contribution in [1.29, 1.82) is 0 Å². The van der Waals surface area contributed by atoms with Gasteiger partial charge in [-0.1, -0.05) is 0 Å². The van der Waals surface area contributed by atoms with Crippen LogP contribution >= 0.6 is 0 Å². The van der Waals surface area contributed by atoms with Crippen LogP contribution in [0.4, 0.5) is 0 Å². The monoisotopic (exact) mass is 309 g/mol. The maximum absolute atomic E-state index is 9.93. The minimum absolute atomic E-state index is 0.0295. The van der Waals surface area contributed by atoms with Gasteiger partial charge in [0.25, 0.3) is 0 Å². The highest BCUT2D eigenvalue weighted by Crippen LogP contribution is 2.36. The SMILES string of the molecule is COCn1c(-c2ccncc2)c(C)c(CO)c1-c1ccncc1. The molecule has 0 unspecified atom stereocenters. The molecule has 0 spiro atoms. The summed E-state index contributed by atoms with van der Waals surface area (Å²) in [6.45, 7) is 2.40. The van der Waals surface area contributed by atoms with Crippen molar-refractivity contribution in [2.75, 3.05) is 7.11 Å². The summed E-state index contributed by atoms with van der Waals surface area (Å²) in [5.74, 6) is 0. The van der Waals surface area contributed by atoms with Gasteiger partial charge in [0.15, 0.2) is 0 Å². The van der Waals surface area contributed by atoms with E-state index in [9.17, 15) is 5.11 Å². The van der Waals surface area contributed by atoms with Gasteiger partial charge in [-0.25, -0.2) is 0 Å². The summed E-state index contributed by atoms with van der Waals surface area (Å²) in [4.78, 5) is 8.16. The van der Waals surface area contributed by atoms with Crippen LogP contribution in [-0.4, -0.2) is 26.8 Å². The van der Waals surface area contributed by atoms with E-state index in [1.165, 1.54) is 0 Å². The van der Waals surface area contributed by atoms with Gasteiger partial charge in [0.05, 0.1) is 18.0 Å². The zero-order valence-electron chi connectivity index (χ0n) is 13.2. The first-order valence-corrected chi connectivity index (χ1v) is 7.40. The number of pyridine rings is 2. The average Bonchev–Trinajstić information content (AvgIpc) is 2.88. The summed E-state index contributed by atoms with van der Waals surface area (Å²) in [6.07, 6.45) is 7.04. The summed E-state index contributed by atoms with van der Waals surface area (Å²) >= 11 is 0. The van der Waals surface area contributed by atoms with Gasteiger partial charge in [-0.2, -0.15) is 0 Å². The molecule has 0 fully saturated rings. The largest absolute Gasteiger partial charge is 0.392 e. The Morgan fingerprint density at radius 2 is 1.48 bits per heavy atom. The van der Waals surface area contributed by atoms with Crippen LogP contribution < -0.4 is 0 Å². The smallest absolute Gasteiger partial charge is 0.123 e. The van der Waals surface area contributed by atoms with E-state index in [0.717, 1.165) is 33.6 Å². The molecule has 0 saturated heterocycles. The van der Waals surface area contributed by atoms with Crippen LogP contribution in [0.3, 0.4) is 0 Å². The predicted octanol–water partition coefficient (Wildman–Crippen LogP) is 3.02. The van der Waals surface area contributed by atoms with Gasteiger partial charge in [-0.3, -0.25) is 9.97 Å². The number of methoxy groups -OCH3 is 1. The number of aromatic nitrogens is 3. The number of rotatable bonds is 5. The van der Waals surface area contributed by atoms with Crippen molar-refractivity contribution in [2.45, 2.75) is 20.3 Å². The number of hydrogen-bond acceptors (Lipinski definition) is 4. The van der Waals surface area contributed by atoms with Gasteiger partial charge in [0, 0.05) is 48.6 Å². The topological polar surface area (TPSA) is 60.2 Å². The molecule has 3 aromatic rings. The van der Waals surface area contributed by atoms with E-state index in [0.29, 0.717) is 6.73 Å². The van der Waals surface area contributed by atoms with Gasteiger partial charge in [-0.05, 0) is 36.8 Å². The maximum atomic E-state index is 9.93. The second-order valence-electron chi connectivity index (χ2n) is 5.28. The Morgan fingerprint density at radius 3 is 1.96 bits per heavy atom. The number of hydrogen-bond donors (Lipinski definition) is 1. The Hall–Kier alpha value is -2.50. The Kier molecular flexibility index (Phi) is 4.50. The first-order valence-electron chi connectivity index (χ1n) is 7.40. The molecule has 0 amide bonds. The molecule has 3 aromatic heterocycles. The van der Waals surface area contributed by atoms with Crippen LogP contribution in [-0.2, 0) is 18.1 Å². The molecule has 3 rings (SSSR count). The third-order valence-electron chi connectivity index (χ3n) is 3.96. The van der Waals surface area contributed by atoms with Crippen molar-refractivity contribution in [1.82, 2.24) is 14.5 Å².